The normalized spacial score (nSPS) is 10.6. The van der Waals surface area contributed by atoms with Gasteiger partial charge in [-0.25, -0.2) is 4.98 Å². The Hall–Kier alpha value is -1.91. The molecule has 0 spiro atoms. The van der Waals surface area contributed by atoms with Gasteiger partial charge >= 0.3 is 0 Å². The number of nitrogens with zero attached hydrogens (tertiary/aromatic N) is 4. The Bertz CT molecular complexity index is 629. The molecule has 0 aliphatic carbocycles. The standard InChI is InChI=1S/C13H8Cl2N4/c14-10-3-1-9(2-4-10)11-7-19(8-16-11)13-6-5-12(15)17-18-13/h1-8H. The lowest BCUT2D eigenvalue weighted by molar-refractivity contribution is 0.912. The van der Waals surface area contributed by atoms with Crippen LogP contribution in [-0.4, -0.2) is 19.7 Å². The summed E-state index contributed by atoms with van der Waals surface area (Å²) in [4.78, 5) is 4.33. The van der Waals surface area contributed by atoms with Crippen molar-refractivity contribution in [2.45, 2.75) is 0 Å². The number of aromatic nitrogens is 4. The van der Waals surface area contributed by atoms with Crippen LogP contribution in [0.3, 0.4) is 0 Å². The van der Waals surface area contributed by atoms with Crippen molar-refractivity contribution in [3.63, 3.8) is 0 Å². The van der Waals surface area contributed by atoms with Crippen LogP contribution >= 0.6 is 23.2 Å². The van der Waals surface area contributed by atoms with Crippen LogP contribution in [0.1, 0.15) is 0 Å². The van der Waals surface area contributed by atoms with Crippen LogP contribution < -0.4 is 0 Å². The van der Waals surface area contributed by atoms with Gasteiger partial charge in [0.05, 0.1) is 5.69 Å². The molecule has 0 N–H and O–H groups in total. The highest BCUT2D eigenvalue weighted by atomic mass is 35.5. The molecule has 0 bridgehead atoms. The van der Waals surface area contributed by atoms with E-state index in [-0.39, 0.29) is 0 Å². The van der Waals surface area contributed by atoms with E-state index in [1.165, 1.54) is 0 Å². The summed E-state index contributed by atoms with van der Waals surface area (Å²) in [6.07, 6.45) is 3.56. The maximum atomic E-state index is 5.86. The Labute approximate surface area is 119 Å². The molecule has 2 heterocycles. The Balaban J connectivity index is 1.95. The first-order valence-corrected chi connectivity index (χ1v) is 6.27. The second-order valence-electron chi connectivity index (χ2n) is 3.89. The van der Waals surface area contributed by atoms with Crippen molar-refractivity contribution < 1.29 is 0 Å². The van der Waals surface area contributed by atoms with E-state index in [0.29, 0.717) is 16.0 Å². The van der Waals surface area contributed by atoms with E-state index in [1.54, 1.807) is 23.0 Å². The number of halogens is 2. The van der Waals surface area contributed by atoms with Crippen molar-refractivity contribution in [2.24, 2.45) is 0 Å². The molecule has 2 aromatic heterocycles. The Morgan fingerprint density at radius 1 is 0.895 bits per heavy atom. The molecule has 0 aliphatic rings. The molecule has 4 nitrogen and oxygen atoms in total. The number of hydrogen-bond acceptors (Lipinski definition) is 3. The minimum atomic E-state index is 0.363. The molecule has 94 valence electrons. The topological polar surface area (TPSA) is 43.6 Å². The first-order valence-electron chi connectivity index (χ1n) is 5.52. The molecule has 0 unspecified atom stereocenters. The van der Waals surface area contributed by atoms with Gasteiger partial charge in [-0.15, -0.1) is 10.2 Å². The highest BCUT2D eigenvalue weighted by Gasteiger charge is 2.04. The fourth-order valence-electron chi connectivity index (χ4n) is 1.66. The first kappa shape index (κ1) is 12.1. The quantitative estimate of drug-likeness (QED) is 0.724. The van der Waals surface area contributed by atoms with Crippen LogP contribution in [0.15, 0.2) is 48.9 Å². The Morgan fingerprint density at radius 2 is 1.68 bits per heavy atom. The van der Waals surface area contributed by atoms with E-state index in [9.17, 15) is 0 Å². The van der Waals surface area contributed by atoms with Crippen molar-refractivity contribution in [1.82, 2.24) is 19.7 Å². The van der Waals surface area contributed by atoms with E-state index < -0.39 is 0 Å². The summed E-state index contributed by atoms with van der Waals surface area (Å²) in [5.74, 6) is 0.664. The molecular formula is C13H8Cl2N4. The third-order valence-corrected chi connectivity index (χ3v) is 3.06. The predicted octanol–water partition coefficient (Wildman–Crippen LogP) is 3.64. The van der Waals surface area contributed by atoms with Gasteiger partial charge in [0.2, 0.25) is 0 Å². The van der Waals surface area contributed by atoms with Gasteiger partial charge < -0.3 is 0 Å². The lowest BCUT2D eigenvalue weighted by Gasteiger charge is -1.99. The van der Waals surface area contributed by atoms with Gasteiger partial charge in [0.25, 0.3) is 0 Å². The largest absolute Gasteiger partial charge is 0.288 e. The zero-order valence-corrected chi connectivity index (χ0v) is 11.2. The summed E-state index contributed by atoms with van der Waals surface area (Å²) in [5, 5.41) is 8.85. The number of rotatable bonds is 2. The SMILES string of the molecule is Clc1ccc(-c2cn(-c3ccc(Cl)nn3)cn2)cc1. The summed E-state index contributed by atoms with van der Waals surface area (Å²) in [6, 6.07) is 11.0. The van der Waals surface area contributed by atoms with Crippen LogP contribution in [0.4, 0.5) is 0 Å². The maximum Gasteiger partial charge on any atom is 0.160 e. The minimum Gasteiger partial charge on any atom is -0.288 e. The number of imidazole rings is 1. The second-order valence-corrected chi connectivity index (χ2v) is 4.71. The molecule has 0 saturated carbocycles. The average molecular weight is 291 g/mol. The van der Waals surface area contributed by atoms with E-state index in [1.807, 2.05) is 30.5 Å². The molecule has 3 aromatic rings. The predicted molar refractivity (Wildman–Crippen MR) is 74.6 cm³/mol. The molecule has 19 heavy (non-hydrogen) atoms. The Morgan fingerprint density at radius 3 is 2.37 bits per heavy atom. The molecule has 6 heteroatoms. The molecular weight excluding hydrogens is 283 g/mol. The van der Waals surface area contributed by atoms with Gasteiger partial charge in [0.1, 0.15) is 6.33 Å². The Kier molecular flexibility index (Phi) is 3.19. The molecule has 0 aliphatic heterocycles. The summed E-state index contributed by atoms with van der Waals surface area (Å²) in [5.41, 5.74) is 1.83. The monoisotopic (exact) mass is 290 g/mol. The summed E-state index contributed by atoms with van der Waals surface area (Å²) >= 11 is 11.6. The third kappa shape index (κ3) is 2.59. The van der Waals surface area contributed by atoms with Crippen LogP contribution in [-0.2, 0) is 0 Å². The fourth-order valence-corrected chi connectivity index (χ4v) is 1.89. The lowest BCUT2D eigenvalue weighted by atomic mass is 10.2. The van der Waals surface area contributed by atoms with Crippen molar-refractivity contribution >= 4 is 23.2 Å². The molecule has 0 atom stereocenters. The summed E-state index contributed by atoms with van der Waals surface area (Å²) in [7, 11) is 0. The van der Waals surface area contributed by atoms with E-state index >= 15 is 0 Å². The summed E-state index contributed by atoms with van der Waals surface area (Å²) < 4.78 is 1.78. The van der Waals surface area contributed by atoms with Gasteiger partial charge in [0.15, 0.2) is 11.0 Å². The number of benzene rings is 1. The number of hydrogen-bond donors (Lipinski definition) is 0. The van der Waals surface area contributed by atoms with Crippen LogP contribution in [0.5, 0.6) is 0 Å². The molecule has 3 rings (SSSR count). The molecule has 0 saturated heterocycles. The van der Waals surface area contributed by atoms with Crippen LogP contribution in [0.2, 0.25) is 10.2 Å². The zero-order chi connectivity index (χ0) is 13.2. The smallest absolute Gasteiger partial charge is 0.160 e. The van der Waals surface area contributed by atoms with Crippen molar-refractivity contribution in [3.8, 4) is 17.1 Å². The highest BCUT2D eigenvalue weighted by molar-refractivity contribution is 6.30. The van der Waals surface area contributed by atoms with Gasteiger partial charge in [-0.3, -0.25) is 4.57 Å². The van der Waals surface area contributed by atoms with Crippen molar-refractivity contribution in [3.05, 3.63) is 59.1 Å². The van der Waals surface area contributed by atoms with Gasteiger partial charge in [0, 0.05) is 16.8 Å². The van der Waals surface area contributed by atoms with Crippen molar-refractivity contribution in [2.75, 3.05) is 0 Å². The van der Waals surface area contributed by atoms with Crippen LogP contribution in [0, 0.1) is 0 Å². The van der Waals surface area contributed by atoms with E-state index in [4.69, 9.17) is 23.2 Å². The fraction of sp³-hybridized carbons (Fsp3) is 0. The first-order chi connectivity index (χ1) is 9.22. The lowest BCUT2D eigenvalue weighted by Crippen LogP contribution is -1.95. The van der Waals surface area contributed by atoms with Crippen LogP contribution in [0.25, 0.3) is 17.1 Å². The van der Waals surface area contributed by atoms with Gasteiger partial charge in [-0.1, -0.05) is 35.3 Å². The van der Waals surface area contributed by atoms with Crippen molar-refractivity contribution in [1.29, 1.82) is 0 Å². The van der Waals surface area contributed by atoms with E-state index in [2.05, 4.69) is 15.2 Å². The zero-order valence-electron chi connectivity index (χ0n) is 9.66. The van der Waals surface area contributed by atoms with Gasteiger partial charge in [-0.2, -0.15) is 0 Å². The highest BCUT2D eigenvalue weighted by Crippen LogP contribution is 2.20. The molecule has 0 amide bonds. The second kappa shape index (κ2) is 4.99. The average Bonchev–Trinajstić information content (AvgIpc) is 2.90. The molecule has 1 aromatic carbocycles. The minimum absolute atomic E-state index is 0.363. The van der Waals surface area contributed by atoms with E-state index in [0.717, 1.165) is 11.3 Å². The molecule has 0 radical (unpaired) electrons. The molecule has 0 fully saturated rings. The maximum absolute atomic E-state index is 5.86. The van der Waals surface area contributed by atoms with Gasteiger partial charge in [-0.05, 0) is 24.3 Å². The third-order valence-electron chi connectivity index (χ3n) is 2.61. The summed E-state index contributed by atoms with van der Waals surface area (Å²) in [6.45, 7) is 0.